The fraction of sp³-hybridized carbons (Fsp3) is 0.462. The van der Waals surface area contributed by atoms with Crippen molar-refractivity contribution in [1.82, 2.24) is 5.32 Å². The van der Waals surface area contributed by atoms with E-state index in [4.69, 9.17) is 5.11 Å². The summed E-state index contributed by atoms with van der Waals surface area (Å²) in [5, 5.41) is 12.5. The smallest absolute Gasteiger partial charge is 0.308 e. The molecule has 2 rings (SSSR count). The first-order valence-corrected chi connectivity index (χ1v) is 6.91. The molecule has 2 N–H and O–H groups in total. The molecule has 0 aromatic heterocycles. The van der Waals surface area contributed by atoms with Crippen LogP contribution in [-0.2, 0) is 10.5 Å². The second-order valence-corrected chi connectivity index (χ2v) is 5.50. The van der Waals surface area contributed by atoms with Gasteiger partial charge in [0.15, 0.2) is 0 Å². The summed E-state index contributed by atoms with van der Waals surface area (Å²) in [6, 6.07) is 10.2. The highest BCUT2D eigenvalue weighted by molar-refractivity contribution is 7.99. The van der Waals surface area contributed by atoms with Crippen molar-refractivity contribution in [2.45, 2.75) is 17.4 Å². The zero-order chi connectivity index (χ0) is 12.1. The molecule has 0 aliphatic carbocycles. The summed E-state index contributed by atoms with van der Waals surface area (Å²) < 4.78 is 0. The molecular formula is C13H17NO2S. The zero-order valence-corrected chi connectivity index (χ0v) is 10.5. The SMILES string of the molecule is O=C(O)C1CNCCC1SCc1ccccc1. The van der Waals surface area contributed by atoms with Gasteiger partial charge in [-0.1, -0.05) is 30.3 Å². The summed E-state index contributed by atoms with van der Waals surface area (Å²) in [6.07, 6.45) is 0.939. The van der Waals surface area contributed by atoms with Crippen molar-refractivity contribution in [3.63, 3.8) is 0 Å². The Bertz CT molecular complexity index is 369. The first kappa shape index (κ1) is 12.5. The lowest BCUT2D eigenvalue weighted by Gasteiger charge is -2.28. The first-order chi connectivity index (χ1) is 8.27. The van der Waals surface area contributed by atoms with Crippen molar-refractivity contribution in [2.24, 2.45) is 5.92 Å². The summed E-state index contributed by atoms with van der Waals surface area (Å²) in [7, 11) is 0. The van der Waals surface area contributed by atoms with Gasteiger partial charge in [-0.05, 0) is 18.5 Å². The van der Waals surface area contributed by atoms with Crippen LogP contribution in [-0.4, -0.2) is 29.4 Å². The number of benzene rings is 1. The molecule has 4 heteroatoms. The molecule has 2 atom stereocenters. The van der Waals surface area contributed by atoms with Crippen LogP contribution in [0.25, 0.3) is 0 Å². The zero-order valence-electron chi connectivity index (χ0n) is 9.63. The fourth-order valence-electron chi connectivity index (χ4n) is 2.06. The van der Waals surface area contributed by atoms with E-state index in [2.05, 4.69) is 17.4 Å². The van der Waals surface area contributed by atoms with E-state index < -0.39 is 5.97 Å². The van der Waals surface area contributed by atoms with Gasteiger partial charge in [-0.15, -0.1) is 0 Å². The Morgan fingerprint density at radius 2 is 2.18 bits per heavy atom. The number of carboxylic acid groups (broad SMARTS) is 1. The van der Waals surface area contributed by atoms with Gasteiger partial charge in [0, 0.05) is 17.5 Å². The molecule has 1 saturated heterocycles. The standard InChI is InChI=1S/C13H17NO2S/c15-13(16)11-8-14-7-6-12(11)17-9-10-4-2-1-3-5-10/h1-5,11-12,14H,6-9H2,(H,15,16). The average Bonchev–Trinajstić information content (AvgIpc) is 2.38. The number of nitrogens with one attached hydrogen (secondary N) is 1. The number of carboxylic acids is 1. The average molecular weight is 251 g/mol. The lowest BCUT2D eigenvalue weighted by atomic mass is 9.99. The van der Waals surface area contributed by atoms with E-state index >= 15 is 0 Å². The molecule has 92 valence electrons. The monoisotopic (exact) mass is 251 g/mol. The number of carbonyl (C=O) groups is 1. The maximum atomic E-state index is 11.1. The van der Waals surface area contributed by atoms with E-state index in [1.54, 1.807) is 11.8 Å². The third-order valence-corrected chi connectivity index (χ3v) is 4.54. The number of aliphatic carboxylic acids is 1. The van der Waals surface area contributed by atoms with Crippen molar-refractivity contribution in [1.29, 1.82) is 0 Å². The van der Waals surface area contributed by atoms with Gasteiger partial charge in [0.1, 0.15) is 0 Å². The van der Waals surface area contributed by atoms with E-state index in [0.29, 0.717) is 6.54 Å². The highest BCUT2D eigenvalue weighted by Crippen LogP contribution is 2.28. The predicted molar refractivity (Wildman–Crippen MR) is 70.1 cm³/mol. The van der Waals surface area contributed by atoms with E-state index in [-0.39, 0.29) is 11.2 Å². The number of hydrogen-bond donors (Lipinski definition) is 2. The molecule has 1 aromatic rings. The third kappa shape index (κ3) is 3.48. The van der Waals surface area contributed by atoms with Gasteiger partial charge in [0.25, 0.3) is 0 Å². The third-order valence-electron chi connectivity index (χ3n) is 3.04. The van der Waals surface area contributed by atoms with E-state index in [9.17, 15) is 4.79 Å². The Kier molecular flexibility index (Phi) is 4.45. The Balaban J connectivity index is 1.90. The van der Waals surface area contributed by atoms with Crippen LogP contribution in [0, 0.1) is 5.92 Å². The van der Waals surface area contributed by atoms with Crippen molar-refractivity contribution < 1.29 is 9.90 Å². The van der Waals surface area contributed by atoms with Gasteiger partial charge in [0.05, 0.1) is 5.92 Å². The summed E-state index contributed by atoms with van der Waals surface area (Å²) >= 11 is 1.77. The molecule has 0 radical (unpaired) electrons. The van der Waals surface area contributed by atoms with Gasteiger partial charge in [-0.2, -0.15) is 11.8 Å². The predicted octanol–water partition coefficient (Wildman–Crippen LogP) is 1.98. The van der Waals surface area contributed by atoms with E-state index in [0.717, 1.165) is 18.7 Å². The van der Waals surface area contributed by atoms with Crippen molar-refractivity contribution >= 4 is 17.7 Å². The van der Waals surface area contributed by atoms with Crippen LogP contribution in [0.2, 0.25) is 0 Å². The number of rotatable bonds is 4. The molecule has 17 heavy (non-hydrogen) atoms. The fourth-order valence-corrected chi connectivity index (χ4v) is 3.39. The van der Waals surface area contributed by atoms with E-state index in [1.165, 1.54) is 5.56 Å². The summed E-state index contributed by atoms with van der Waals surface area (Å²) in [5.74, 6) is -0.0322. The summed E-state index contributed by atoms with van der Waals surface area (Å²) in [4.78, 5) is 11.1. The molecule has 2 unspecified atom stereocenters. The molecule has 1 aliphatic rings. The molecule has 0 spiro atoms. The van der Waals surface area contributed by atoms with Crippen molar-refractivity contribution in [3.05, 3.63) is 35.9 Å². The van der Waals surface area contributed by atoms with Gasteiger partial charge < -0.3 is 10.4 Å². The lowest BCUT2D eigenvalue weighted by Crippen LogP contribution is -2.42. The van der Waals surface area contributed by atoms with Crippen LogP contribution >= 0.6 is 11.8 Å². The van der Waals surface area contributed by atoms with Gasteiger partial charge in [-0.3, -0.25) is 4.79 Å². The Morgan fingerprint density at radius 3 is 2.88 bits per heavy atom. The molecule has 1 aliphatic heterocycles. The first-order valence-electron chi connectivity index (χ1n) is 5.86. The molecule has 0 saturated carbocycles. The highest BCUT2D eigenvalue weighted by Gasteiger charge is 2.30. The minimum absolute atomic E-state index is 0.231. The second-order valence-electron chi connectivity index (χ2n) is 4.27. The van der Waals surface area contributed by atoms with Crippen LogP contribution < -0.4 is 5.32 Å². The quantitative estimate of drug-likeness (QED) is 0.859. The maximum Gasteiger partial charge on any atom is 0.308 e. The summed E-state index contributed by atoms with van der Waals surface area (Å²) in [6.45, 7) is 1.53. The molecule has 3 nitrogen and oxygen atoms in total. The molecule has 1 aromatic carbocycles. The lowest BCUT2D eigenvalue weighted by molar-refractivity contribution is -0.141. The highest BCUT2D eigenvalue weighted by atomic mass is 32.2. The minimum Gasteiger partial charge on any atom is -0.481 e. The van der Waals surface area contributed by atoms with Crippen LogP contribution in [0.5, 0.6) is 0 Å². The Morgan fingerprint density at radius 1 is 1.41 bits per heavy atom. The molecular weight excluding hydrogens is 234 g/mol. The van der Waals surface area contributed by atoms with Crippen molar-refractivity contribution in [3.8, 4) is 0 Å². The number of piperidine rings is 1. The topological polar surface area (TPSA) is 49.3 Å². The minimum atomic E-state index is -0.678. The van der Waals surface area contributed by atoms with Crippen LogP contribution in [0.15, 0.2) is 30.3 Å². The normalized spacial score (nSPS) is 24.5. The van der Waals surface area contributed by atoms with Crippen molar-refractivity contribution in [2.75, 3.05) is 13.1 Å². The Labute approximate surface area is 106 Å². The molecule has 1 heterocycles. The Hall–Kier alpha value is -1.00. The van der Waals surface area contributed by atoms with Crippen LogP contribution in [0.3, 0.4) is 0 Å². The molecule has 0 amide bonds. The molecule has 0 bridgehead atoms. The summed E-state index contributed by atoms with van der Waals surface area (Å²) in [5.41, 5.74) is 1.26. The van der Waals surface area contributed by atoms with Gasteiger partial charge in [-0.25, -0.2) is 0 Å². The van der Waals surface area contributed by atoms with Crippen LogP contribution in [0.4, 0.5) is 0 Å². The number of hydrogen-bond acceptors (Lipinski definition) is 3. The van der Waals surface area contributed by atoms with E-state index in [1.807, 2.05) is 18.2 Å². The molecule has 1 fully saturated rings. The maximum absolute atomic E-state index is 11.1. The van der Waals surface area contributed by atoms with Gasteiger partial charge >= 0.3 is 5.97 Å². The second kappa shape index (κ2) is 6.07. The van der Waals surface area contributed by atoms with Crippen LogP contribution in [0.1, 0.15) is 12.0 Å². The van der Waals surface area contributed by atoms with Gasteiger partial charge in [0.2, 0.25) is 0 Å². The largest absolute Gasteiger partial charge is 0.481 e. The number of thioether (sulfide) groups is 1.